The predicted molar refractivity (Wildman–Crippen MR) is 77.7 cm³/mol. The average Bonchev–Trinajstić information content (AvgIpc) is 2.21. The molecule has 0 unspecified atom stereocenters. The summed E-state index contributed by atoms with van der Waals surface area (Å²) in [6, 6.07) is -1.32. The van der Waals surface area contributed by atoms with Gasteiger partial charge in [0.25, 0.3) is 0 Å². The zero-order chi connectivity index (χ0) is 15.6. The van der Waals surface area contributed by atoms with Crippen LogP contribution in [0, 0.1) is 5.41 Å². The quantitative estimate of drug-likeness (QED) is 0.710. The SMILES string of the molecule is CN(C)C1(CNC(=O)N[C@H](C(=O)O)C(C)(C)C)CCC1. The van der Waals surface area contributed by atoms with Gasteiger partial charge in [-0.05, 0) is 38.8 Å². The lowest BCUT2D eigenvalue weighted by Crippen LogP contribution is -2.60. The lowest BCUT2D eigenvalue weighted by molar-refractivity contribution is -0.141. The number of urea groups is 1. The van der Waals surface area contributed by atoms with Crippen molar-refractivity contribution in [2.75, 3.05) is 20.6 Å². The van der Waals surface area contributed by atoms with E-state index in [0.717, 1.165) is 12.8 Å². The van der Waals surface area contributed by atoms with Crippen molar-refractivity contribution in [2.45, 2.75) is 51.6 Å². The average molecular weight is 285 g/mol. The molecule has 0 radical (unpaired) electrons. The monoisotopic (exact) mass is 285 g/mol. The molecule has 0 heterocycles. The summed E-state index contributed by atoms with van der Waals surface area (Å²) in [5, 5.41) is 14.5. The van der Waals surface area contributed by atoms with Gasteiger partial charge in [0.05, 0.1) is 0 Å². The molecule has 6 nitrogen and oxygen atoms in total. The molecule has 0 aliphatic heterocycles. The van der Waals surface area contributed by atoms with E-state index >= 15 is 0 Å². The van der Waals surface area contributed by atoms with E-state index in [1.165, 1.54) is 6.42 Å². The zero-order valence-electron chi connectivity index (χ0n) is 13.1. The third-order valence-corrected chi connectivity index (χ3v) is 4.20. The molecule has 0 bridgehead atoms. The lowest BCUT2D eigenvalue weighted by Gasteiger charge is -2.47. The Bertz CT molecular complexity index is 370. The van der Waals surface area contributed by atoms with Gasteiger partial charge in [-0.3, -0.25) is 0 Å². The first kappa shape index (κ1) is 16.8. The number of hydrogen-bond donors (Lipinski definition) is 3. The molecule has 1 rings (SSSR count). The zero-order valence-corrected chi connectivity index (χ0v) is 13.1. The van der Waals surface area contributed by atoms with E-state index in [4.69, 9.17) is 0 Å². The van der Waals surface area contributed by atoms with Gasteiger partial charge in [-0.2, -0.15) is 0 Å². The summed E-state index contributed by atoms with van der Waals surface area (Å²) in [5.41, 5.74) is -0.503. The highest BCUT2D eigenvalue weighted by Gasteiger charge is 2.39. The topological polar surface area (TPSA) is 81.7 Å². The molecule has 1 saturated carbocycles. The van der Waals surface area contributed by atoms with Crippen molar-refractivity contribution < 1.29 is 14.7 Å². The number of aliphatic carboxylic acids is 1. The van der Waals surface area contributed by atoms with Crippen molar-refractivity contribution in [3.8, 4) is 0 Å². The van der Waals surface area contributed by atoms with Crippen molar-refractivity contribution in [1.29, 1.82) is 0 Å². The van der Waals surface area contributed by atoms with E-state index in [1.54, 1.807) is 20.8 Å². The number of carboxylic acids is 1. The van der Waals surface area contributed by atoms with Crippen LogP contribution in [0.3, 0.4) is 0 Å². The van der Waals surface area contributed by atoms with Crippen LogP contribution in [0.4, 0.5) is 4.79 Å². The molecular weight excluding hydrogens is 258 g/mol. The van der Waals surface area contributed by atoms with Crippen LogP contribution >= 0.6 is 0 Å². The summed E-state index contributed by atoms with van der Waals surface area (Å²) in [4.78, 5) is 25.3. The van der Waals surface area contributed by atoms with Crippen LogP contribution in [-0.2, 0) is 4.79 Å². The minimum atomic E-state index is -1.02. The van der Waals surface area contributed by atoms with Gasteiger partial charge in [-0.1, -0.05) is 20.8 Å². The van der Waals surface area contributed by atoms with Crippen LogP contribution in [0.25, 0.3) is 0 Å². The Morgan fingerprint density at radius 2 is 1.85 bits per heavy atom. The molecule has 0 aromatic heterocycles. The second kappa shape index (κ2) is 5.99. The molecule has 1 aliphatic carbocycles. The Kier molecular flexibility index (Phi) is 5.02. The summed E-state index contributed by atoms with van der Waals surface area (Å²) < 4.78 is 0. The number of nitrogens with zero attached hydrogens (tertiary/aromatic N) is 1. The van der Waals surface area contributed by atoms with Gasteiger partial charge >= 0.3 is 12.0 Å². The van der Waals surface area contributed by atoms with Crippen molar-refractivity contribution in [3.05, 3.63) is 0 Å². The fourth-order valence-corrected chi connectivity index (χ4v) is 2.44. The first-order chi connectivity index (χ1) is 9.08. The van der Waals surface area contributed by atoms with E-state index in [-0.39, 0.29) is 5.54 Å². The molecule has 6 heteroatoms. The van der Waals surface area contributed by atoms with Gasteiger partial charge in [0, 0.05) is 12.1 Å². The maximum absolute atomic E-state index is 11.9. The van der Waals surface area contributed by atoms with Gasteiger partial charge < -0.3 is 20.6 Å². The molecule has 3 N–H and O–H groups in total. The molecular formula is C14H27N3O3. The first-order valence-electron chi connectivity index (χ1n) is 7.03. The van der Waals surface area contributed by atoms with E-state index in [9.17, 15) is 14.7 Å². The number of amides is 2. The fourth-order valence-electron chi connectivity index (χ4n) is 2.44. The summed E-state index contributed by atoms with van der Waals surface area (Å²) >= 11 is 0. The number of likely N-dealkylation sites (N-methyl/N-ethyl adjacent to an activating group) is 1. The van der Waals surface area contributed by atoms with Crippen LogP contribution in [0.2, 0.25) is 0 Å². The Hall–Kier alpha value is -1.30. The summed E-state index contributed by atoms with van der Waals surface area (Å²) in [7, 11) is 4.02. The third-order valence-electron chi connectivity index (χ3n) is 4.20. The van der Waals surface area contributed by atoms with Gasteiger partial charge in [0.2, 0.25) is 0 Å². The molecule has 0 saturated heterocycles. The first-order valence-corrected chi connectivity index (χ1v) is 7.03. The van der Waals surface area contributed by atoms with Crippen LogP contribution < -0.4 is 10.6 Å². The largest absolute Gasteiger partial charge is 0.480 e. The molecule has 1 fully saturated rings. The van der Waals surface area contributed by atoms with Gasteiger partial charge in [-0.15, -0.1) is 0 Å². The summed E-state index contributed by atoms with van der Waals surface area (Å²) in [6.07, 6.45) is 3.28. The maximum Gasteiger partial charge on any atom is 0.326 e. The van der Waals surface area contributed by atoms with Gasteiger partial charge in [0.1, 0.15) is 6.04 Å². The number of carbonyl (C=O) groups excluding carboxylic acids is 1. The fraction of sp³-hybridized carbons (Fsp3) is 0.857. The smallest absolute Gasteiger partial charge is 0.326 e. The minimum absolute atomic E-state index is 0.0256. The minimum Gasteiger partial charge on any atom is -0.480 e. The molecule has 0 aromatic rings. The van der Waals surface area contributed by atoms with E-state index in [0.29, 0.717) is 6.54 Å². The van der Waals surface area contributed by atoms with Crippen LogP contribution in [-0.4, -0.2) is 54.2 Å². The molecule has 2 amide bonds. The number of nitrogens with one attached hydrogen (secondary N) is 2. The molecule has 0 spiro atoms. The molecule has 116 valence electrons. The molecule has 20 heavy (non-hydrogen) atoms. The Balaban J connectivity index is 2.53. The van der Waals surface area contributed by atoms with Crippen LogP contribution in [0.15, 0.2) is 0 Å². The third kappa shape index (κ3) is 3.85. The predicted octanol–water partition coefficient (Wildman–Crippen LogP) is 1.27. The van der Waals surface area contributed by atoms with Crippen molar-refractivity contribution in [2.24, 2.45) is 5.41 Å². The highest BCUT2D eigenvalue weighted by Crippen LogP contribution is 2.35. The molecule has 1 aliphatic rings. The van der Waals surface area contributed by atoms with Gasteiger partial charge in [-0.25, -0.2) is 9.59 Å². The Morgan fingerprint density at radius 3 is 2.15 bits per heavy atom. The molecule has 1 atom stereocenters. The second-order valence-electron chi connectivity index (χ2n) is 6.94. The molecule has 0 aromatic carbocycles. The number of hydrogen-bond acceptors (Lipinski definition) is 3. The van der Waals surface area contributed by atoms with E-state index < -0.39 is 23.5 Å². The van der Waals surface area contributed by atoms with Crippen molar-refractivity contribution >= 4 is 12.0 Å². The van der Waals surface area contributed by atoms with Gasteiger partial charge in [0.15, 0.2) is 0 Å². The Labute approximate surface area is 120 Å². The van der Waals surface area contributed by atoms with Crippen LogP contribution in [0.1, 0.15) is 40.0 Å². The lowest BCUT2D eigenvalue weighted by atomic mass is 9.75. The van der Waals surface area contributed by atoms with Crippen LogP contribution in [0.5, 0.6) is 0 Å². The highest BCUT2D eigenvalue weighted by atomic mass is 16.4. The van der Waals surface area contributed by atoms with E-state index in [2.05, 4.69) is 15.5 Å². The van der Waals surface area contributed by atoms with Crippen molar-refractivity contribution in [1.82, 2.24) is 15.5 Å². The van der Waals surface area contributed by atoms with E-state index in [1.807, 2.05) is 14.1 Å². The number of rotatable bonds is 5. The number of carbonyl (C=O) groups is 2. The normalized spacial score (nSPS) is 19.1. The number of carboxylic acid groups (broad SMARTS) is 1. The standard InChI is InChI=1S/C14H27N3O3/c1-13(2,3)10(11(18)19)16-12(20)15-9-14(17(4)5)7-6-8-14/h10H,6-9H2,1-5H3,(H,18,19)(H2,15,16,20)/t10-/m1/s1. The highest BCUT2D eigenvalue weighted by molar-refractivity contribution is 5.83. The van der Waals surface area contributed by atoms with Crippen molar-refractivity contribution in [3.63, 3.8) is 0 Å². The Morgan fingerprint density at radius 1 is 1.30 bits per heavy atom. The summed E-state index contributed by atoms with van der Waals surface area (Å²) in [6.45, 7) is 5.92. The summed E-state index contributed by atoms with van der Waals surface area (Å²) in [5.74, 6) is -1.02. The maximum atomic E-state index is 11.9. The second-order valence-corrected chi connectivity index (χ2v) is 6.94.